The Bertz CT molecular complexity index is 791. The molecule has 2 heteroatoms. The Morgan fingerprint density at radius 1 is 0.750 bits per heavy atom. The summed E-state index contributed by atoms with van der Waals surface area (Å²) in [6.45, 7) is 5.26. The zero-order valence-corrected chi connectivity index (χ0v) is 21.1. The number of hydrogen-bond acceptors (Lipinski definition) is 2. The summed E-state index contributed by atoms with van der Waals surface area (Å²) >= 11 is 5.63. The van der Waals surface area contributed by atoms with Crippen molar-refractivity contribution in [3.63, 3.8) is 0 Å². The van der Waals surface area contributed by atoms with Gasteiger partial charge < -0.3 is 4.74 Å². The Morgan fingerprint density at radius 2 is 1.38 bits per heavy atom. The molecule has 0 unspecified atom stereocenters. The van der Waals surface area contributed by atoms with Crippen LogP contribution in [0.25, 0.3) is 6.08 Å². The Balaban J connectivity index is 1.71. The summed E-state index contributed by atoms with van der Waals surface area (Å²) in [6.07, 6.45) is 19.8. The van der Waals surface area contributed by atoms with Gasteiger partial charge in [0.05, 0.1) is 6.61 Å². The van der Waals surface area contributed by atoms with Gasteiger partial charge in [-0.15, -0.1) is 0 Å². The molecule has 0 spiro atoms. The lowest BCUT2D eigenvalue weighted by molar-refractivity contribution is 0.303. The van der Waals surface area contributed by atoms with Gasteiger partial charge in [-0.1, -0.05) is 133 Å². The summed E-state index contributed by atoms with van der Waals surface area (Å²) in [5, 5.41) is 0. The Morgan fingerprint density at radius 3 is 2.03 bits per heavy atom. The smallest absolute Gasteiger partial charge is 0.126 e. The number of ether oxygens (including phenoxy) is 1. The highest BCUT2D eigenvalue weighted by Crippen LogP contribution is 2.21. The second-order valence-electron chi connectivity index (χ2n) is 8.71. The number of unbranched alkanes of at least 4 members (excludes halogenated alkanes) is 9. The molecule has 0 aliphatic rings. The zero-order chi connectivity index (χ0) is 22.9. The van der Waals surface area contributed by atoms with E-state index in [1.54, 1.807) is 0 Å². The second-order valence-corrected chi connectivity index (χ2v) is 9.15. The summed E-state index contributed by atoms with van der Waals surface area (Å²) in [5.74, 6) is 0.945. The Hall–Kier alpha value is -1.93. The molecule has 0 aliphatic carbocycles. The molecule has 2 aromatic carbocycles. The van der Waals surface area contributed by atoms with Crippen molar-refractivity contribution >= 4 is 23.2 Å². The second kappa shape index (κ2) is 16.7. The number of para-hydroxylation sites is 1. The van der Waals surface area contributed by atoms with Gasteiger partial charge in [-0.2, -0.15) is 0 Å². The highest BCUT2D eigenvalue weighted by molar-refractivity contribution is 7.81. The first kappa shape index (κ1) is 26.3. The predicted molar refractivity (Wildman–Crippen MR) is 145 cm³/mol. The van der Waals surface area contributed by atoms with Crippen molar-refractivity contribution in [2.24, 2.45) is 0 Å². The van der Waals surface area contributed by atoms with Gasteiger partial charge in [0.1, 0.15) is 5.75 Å². The largest absolute Gasteiger partial charge is 0.493 e. The van der Waals surface area contributed by atoms with Crippen LogP contribution >= 0.6 is 12.2 Å². The SMILES string of the molecule is CCCCCCCCCCCCOc1ccccc1C=CC(=S)c1ccc(CCC)cc1. The van der Waals surface area contributed by atoms with Crippen LogP contribution in [0, 0.1) is 0 Å². The highest BCUT2D eigenvalue weighted by atomic mass is 32.1. The lowest BCUT2D eigenvalue weighted by Crippen LogP contribution is -1.99. The Labute approximate surface area is 202 Å². The number of allylic oxidation sites excluding steroid dienone is 1. The molecule has 32 heavy (non-hydrogen) atoms. The molecule has 0 amide bonds. The monoisotopic (exact) mass is 450 g/mol. The van der Waals surface area contributed by atoms with E-state index in [-0.39, 0.29) is 0 Å². The third kappa shape index (κ3) is 10.6. The fraction of sp³-hybridized carbons (Fsp3) is 0.500. The molecule has 174 valence electrons. The average Bonchev–Trinajstić information content (AvgIpc) is 2.82. The zero-order valence-electron chi connectivity index (χ0n) is 20.3. The molecule has 0 fully saturated rings. The van der Waals surface area contributed by atoms with Crippen molar-refractivity contribution in [2.45, 2.75) is 90.9 Å². The first-order valence-corrected chi connectivity index (χ1v) is 13.2. The lowest BCUT2D eigenvalue weighted by Gasteiger charge is -2.09. The van der Waals surface area contributed by atoms with Crippen LogP contribution in [0.2, 0.25) is 0 Å². The maximum Gasteiger partial charge on any atom is 0.126 e. The van der Waals surface area contributed by atoms with Gasteiger partial charge in [-0.05, 0) is 42.2 Å². The minimum atomic E-state index is 0.782. The predicted octanol–water partition coefficient (Wildman–Crippen LogP) is 9.37. The van der Waals surface area contributed by atoms with Crippen LogP contribution < -0.4 is 4.74 Å². The van der Waals surface area contributed by atoms with Crippen LogP contribution in [-0.4, -0.2) is 11.5 Å². The molecule has 0 N–H and O–H groups in total. The molecule has 0 bridgehead atoms. The maximum atomic E-state index is 6.10. The van der Waals surface area contributed by atoms with Crippen molar-refractivity contribution in [2.75, 3.05) is 6.61 Å². The molecule has 0 saturated heterocycles. The van der Waals surface area contributed by atoms with Gasteiger partial charge in [0.25, 0.3) is 0 Å². The molecular weight excluding hydrogens is 408 g/mol. The molecule has 0 aromatic heterocycles. The van der Waals surface area contributed by atoms with Gasteiger partial charge in [0.2, 0.25) is 0 Å². The van der Waals surface area contributed by atoms with Crippen molar-refractivity contribution < 1.29 is 4.74 Å². The van der Waals surface area contributed by atoms with Crippen LogP contribution in [-0.2, 0) is 6.42 Å². The third-order valence-electron chi connectivity index (χ3n) is 5.87. The summed E-state index contributed by atoms with van der Waals surface area (Å²) in [7, 11) is 0. The van der Waals surface area contributed by atoms with Crippen molar-refractivity contribution in [1.82, 2.24) is 0 Å². The van der Waals surface area contributed by atoms with Crippen molar-refractivity contribution in [3.8, 4) is 5.75 Å². The van der Waals surface area contributed by atoms with Crippen LogP contribution in [0.15, 0.2) is 54.6 Å². The van der Waals surface area contributed by atoms with E-state index in [1.165, 1.54) is 69.8 Å². The van der Waals surface area contributed by atoms with E-state index in [9.17, 15) is 0 Å². The van der Waals surface area contributed by atoms with E-state index in [0.29, 0.717) is 0 Å². The van der Waals surface area contributed by atoms with Gasteiger partial charge >= 0.3 is 0 Å². The normalized spacial score (nSPS) is 11.2. The topological polar surface area (TPSA) is 9.23 Å². The molecule has 2 aromatic rings. The minimum Gasteiger partial charge on any atom is -0.493 e. The number of thiocarbonyl (C=S) groups is 1. The maximum absolute atomic E-state index is 6.10. The number of aryl methyl sites for hydroxylation is 1. The molecule has 0 atom stereocenters. The first-order valence-electron chi connectivity index (χ1n) is 12.8. The van der Waals surface area contributed by atoms with E-state index in [2.05, 4.69) is 62.4 Å². The summed E-state index contributed by atoms with van der Waals surface area (Å²) in [4.78, 5) is 0.859. The summed E-state index contributed by atoms with van der Waals surface area (Å²) in [6, 6.07) is 16.9. The van der Waals surface area contributed by atoms with Crippen molar-refractivity contribution in [1.29, 1.82) is 0 Å². The molecule has 1 nitrogen and oxygen atoms in total. The fourth-order valence-electron chi connectivity index (χ4n) is 3.91. The Kier molecular flexibility index (Phi) is 13.7. The van der Waals surface area contributed by atoms with Crippen LogP contribution in [0.1, 0.15) is 101 Å². The van der Waals surface area contributed by atoms with E-state index in [1.807, 2.05) is 12.1 Å². The third-order valence-corrected chi connectivity index (χ3v) is 6.24. The van der Waals surface area contributed by atoms with Gasteiger partial charge in [0, 0.05) is 10.4 Å². The minimum absolute atomic E-state index is 0.782. The number of benzene rings is 2. The van der Waals surface area contributed by atoms with Crippen LogP contribution in [0.4, 0.5) is 0 Å². The van der Waals surface area contributed by atoms with Crippen molar-refractivity contribution in [3.05, 3.63) is 71.3 Å². The quantitative estimate of drug-likeness (QED) is 0.103. The van der Waals surface area contributed by atoms with Crippen LogP contribution in [0.5, 0.6) is 5.75 Å². The molecule has 0 aliphatic heterocycles. The van der Waals surface area contributed by atoms with E-state index >= 15 is 0 Å². The fourth-order valence-corrected chi connectivity index (χ4v) is 4.11. The average molecular weight is 451 g/mol. The molecule has 0 saturated carbocycles. The highest BCUT2D eigenvalue weighted by Gasteiger charge is 2.02. The lowest BCUT2D eigenvalue weighted by atomic mass is 10.1. The standard InChI is InChI=1S/C30H42OS/c1-3-5-6-7-8-9-10-11-12-15-25-31-29-18-14-13-17-27(29)23-24-30(32)28-21-19-26(16-4-2)20-22-28/h13-14,17-24H,3-12,15-16,25H2,1-2H3. The summed E-state index contributed by atoms with van der Waals surface area (Å²) < 4.78 is 6.10. The van der Waals surface area contributed by atoms with E-state index < -0.39 is 0 Å². The number of hydrogen-bond donors (Lipinski definition) is 0. The van der Waals surface area contributed by atoms with E-state index in [4.69, 9.17) is 17.0 Å². The molecule has 0 heterocycles. The molecular formula is C30H42OS. The number of rotatable bonds is 17. The van der Waals surface area contributed by atoms with Gasteiger partial charge in [-0.25, -0.2) is 0 Å². The van der Waals surface area contributed by atoms with Gasteiger partial charge in [0.15, 0.2) is 0 Å². The molecule has 0 radical (unpaired) electrons. The molecule has 2 rings (SSSR count). The van der Waals surface area contributed by atoms with Gasteiger partial charge in [-0.3, -0.25) is 0 Å². The van der Waals surface area contributed by atoms with E-state index in [0.717, 1.165) is 41.2 Å². The summed E-state index contributed by atoms with van der Waals surface area (Å²) in [5.41, 5.74) is 3.55. The van der Waals surface area contributed by atoms with Crippen LogP contribution in [0.3, 0.4) is 0 Å². The first-order chi connectivity index (χ1) is 15.7.